The maximum atomic E-state index is 12.7. The summed E-state index contributed by atoms with van der Waals surface area (Å²) in [4.78, 5) is 27.8. The van der Waals surface area contributed by atoms with Gasteiger partial charge in [-0.1, -0.05) is 18.9 Å². The SMILES string of the molecule is CN(C)C(=O)c1cc2cnc(Nc3ccc(CN)cn3)nc2n1C1CCCC1. The highest BCUT2D eigenvalue weighted by Crippen LogP contribution is 2.34. The Morgan fingerprint density at radius 3 is 2.68 bits per heavy atom. The second kappa shape index (κ2) is 7.55. The number of hydrogen-bond acceptors (Lipinski definition) is 6. The van der Waals surface area contributed by atoms with Crippen molar-refractivity contribution in [2.75, 3.05) is 19.4 Å². The van der Waals surface area contributed by atoms with E-state index in [9.17, 15) is 4.79 Å². The predicted octanol–water partition coefficient (Wildman–Crippen LogP) is 2.85. The predicted molar refractivity (Wildman–Crippen MR) is 108 cm³/mol. The average Bonchev–Trinajstić information content (AvgIpc) is 3.35. The molecule has 1 aliphatic rings. The summed E-state index contributed by atoms with van der Waals surface area (Å²) in [7, 11) is 3.54. The number of carbonyl (C=O) groups excluding carboxylic acids is 1. The first kappa shape index (κ1) is 18.4. The van der Waals surface area contributed by atoms with Crippen LogP contribution in [0, 0.1) is 0 Å². The van der Waals surface area contributed by atoms with Crippen molar-refractivity contribution in [3.63, 3.8) is 0 Å². The van der Waals surface area contributed by atoms with E-state index in [1.807, 2.05) is 18.2 Å². The first-order valence-electron chi connectivity index (χ1n) is 9.58. The smallest absolute Gasteiger partial charge is 0.270 e. The lowest BCUT2D eigenvalue weighted by molar-refractivity contribution is 0.0815. The van der Waals surface area contributed by atoms with E-state index in [1.165, 1.54) is 12.8 Å². The molecule has 1 aliphatic carbocycles. The Bertz CT molecular complexity index is 988. The molecule has 0 saturated heterocycles. The van der Waals surface area contributed by atoms with Crippen LogP contribution in [0.25, 0.3) is 11.0 Å². The van der Waals surface area contributed by atoms with Crippen LogP contribution in [0.2, 0.25) is 0 Å². The number of aromatic nitrogens is 4. The first-order valence-corrected chi connectivity index (χ1v) is 9.58. The van der Waals surface area contributed by atoms with Crippen LogP contribution in [-0.2, 0) is 6.54 Å². The maximum absolute atomic E-state index is 12.7. The number of pyridine rings is 1. The molecule has 3 aromatic heterocycles. The van der Waals surface area contributed by atoms with E-state index in [4.69, 9.17) is 10.7 Å². The number of amides is 1. The van der Waals surface area contributed by atoms with Crippen LogP contribution in [0.1, 0.15) is 47.8 Å². The molecule has 1 fully saturated rings. The molecule has 0 spiro atoms. The monoisotopic (exact) mass is 379 g/mol. The van der Waals surface area contributed by atoms with Gasteiger partial charge in [-0.3, -0.25) is 4.79 Å². The van der Waals surface area contributed by atoms with Crippen molar-refractivity contribution in [1.29, 1.82) is 0 Å². The Labute approximate surface area is 163 Å². The molecule has 146 valence electrons. The molecule has 4 rings (SSSR count). The van der Waals surface area contributed by atoms with Gasteiger partial charge in [0.05, 0.1) is 0 Å². The molecule has 8 heteroatoms. The number of rotatable bonds is 5. The highest BCUT2D eigenvalue weighted by atomic mass is 16.2. The molecule has 3 aromatic rings. The van der Waals surface area contributed by atoms with Gasteiger partial charge in [0.1, 0.15) is 17.2 Å². The highest BCUT2D eigenvalue weighted by molar-refractivity contribution is 5.97. The van der Waals surface area contributed by atoms with Crippen LogP contribution in [0.15, 0.2) is 30.6 Å². The molecular weight excluding hydrogens is 354 g/mol. The van der Waals surface area contributed by atoms with Crippen LogP contribution in [0.5, 0.6) is 0 Å². The number of nitrogens with one attached hydrogen (secondary N) is 1. The largest absolute Gasteiger partial charge is 0.343 e. The number of fused-ring (bicyclic) bond motifs is 1. The fourth-order valence-electron chi connectivity index (χ4n) is 3.73. The average molecular weight is 379 g/mol. The standard InChI is InChI=1S/C20H25N7O/c1-26(2)19(28)16-9-14-12-23-20(24-17-8-7-13(10-21)11-22-17)25-18(14)27(16)15-5-3-4-6-15/h7-9,11-12,15H,3-6,10,21H2,1-2H3,(H,22,23,24,25). The van der Waals surface area contributed by atoms with Gasteiger partial charge in [0.2, 0.25) is 5.95 Å². The van der Waals surface area contributed by atoms with Crippen molar-refractivity contribution in [3.05, 3.63) is 41.9 Å². The lowest BCUT2D eigenvalue weighted by Gasteiger charge is -2.19. The quantitative estimate of drug-likeness (QED) is 0.707. The van der Waals surface area contributed by atoms with E-state index in [0.717, 1.165) is 29.4 Å². The lowest BCUT2D eigenvalue weighted by atomic mass is 10.2. The Morgan fingerprint density at radius 1 is 1.25 bits per heavy atom. The third kappa shape index (κ3) is 3.43. The number of nitrogens with two attached hydrogens (primary N) is 1. The van der Waals surface area contributed by atoms with Gasteiger partial charge in [0, 0.05) is 44.5 Å². The highest BCUT2D eigenvalue weighted by Gasteiger charge is 2.26. The van der Waals surface area contributed by atoms with Crippen molar-refractivity contribution in [1.82, 2.24) is 24.4 Å². The summed E-state index contributed by atoms with van der Waals surface area (Å²) in [5.74, 6) is 1.10. The zero-order valence-corrected chi connectivity index (χ0v) is 16.2. The molecule has 0 aromatic carbocycles. The Morgan fingerprint density at radius 2 is 2.04 bits per heavy atom. The van der Waals surface area contributed by atoms with Gasteiger partial charge in [0.15, 0.2) is 0 Å². The second-order valence-corrected chi connectivity index (χ2v) is 7.39. The van der Waals surface area contributed by atoms with Gasteiger partial charge in [-0.05, 0) is 30.5 Å². The van der Waals surface area contributed by atoms with Gasteiger partial charge < -0.3 is 20.5 Å². The summed E-state index contributed by atoms with van der Waals surface area (Å²) < 4.78 is 2.10. The fraction of sp³-hybridized carbons (Fsp3) is 0.400. The minimum Gasteiger partial charge on any atom is -0.343 e. The van der Waals surface area contributed by atoms with Crippen LogP contribution >= 0.6 is 0 Å². The van der Waals surface area contributed by atoms with E-state index in [2.05, 4.69) is 19.9 Å². The first-order chi connectivity index (χ1) is 13.6. The number of nitrogens with zero attached hydrogens (tertiary/aromatic N) is 5. The van der Waals surface area contributed by atoms with Gasteiger partial charge in [0.25, 0.3) is 5.91 Å². The minimum absolute atomic E-state index is 0.0153. The van der Waals surface area contributed by atoms with E-state index >= 15 is 0 Å². The molecule has 0 atom stereocenters. The van der Waals surface area contributed by atoms with Crippen molar-refractivity contribution in [2.45, 2.75) is 38.3 Å². The molecule has 28 heavy (non-hydrogen) atoms. The fourth-order valence-corrected chi connectivity index (χ4v) is 3.73. The molecular formula is C20H25N7O. The van der Waals surface area contributed by atoms with Gasteiger partial charge >= 0.3 is 0 Å². The zero-order valence-electron chi connectivity index (χ0n) is 16.2. The molecule has 0 bridgehead atoms. The second-order valence-electron chi connectivity index (χ2n) is 7.39. The summed E-state index contributed by atoms with van der Waals surface area (Å²) in [6.07, 6.45) is 7.96. The number of hydrogen-bond donors (Lipinski definition) is 2. The van der Waals surface area contributed by atoms with Crippen LogP contribution in [-0.4, -0.2) is 44.4 Å². The van der Waals surface area contributed by atoms with Crippen molar-refractivity contribution in [2.24, 2.45) is 5.73 Å². The van der Waals surface area contributed by atoms with Gasteiger partial charge in [-0.25, -0.2) is 9.97 Å². The molecule has 8 nitrogen and oxygen atoms in total. The molecule has 3 N–H and O–H groups in total. The molecule has 0 unspecified atom stereocenters. The van der Waals surface area contributed by atoms with Crippen molar-refractivity contribution >= 4 is 28.7 Å². The Hall–Kier alpha value is -3.00. The maximum Gasteiger partial charge on any atom is 0.270 e. The van der Waals surface area contributed by atoms with Gasteiger partial charge in [-0.15, -0.1) is 0 Å². The van der Waals surface area contributed by atoms with E-state index in [0.29, 0.717) is 30.0 Å². The molecule has 1 amide bonds. The molecule has 0 aliphatic heterocycles. The minimum atomic E-state index is -0.0153. The molecule has 0 radical (unpaired) electrons. The van der Waals surface area contributed by atoms with E-state index < -0.39 is 0 Å². The topological polar surface area (TPSA) is 102 Å². The normalized spacial score (nSPS) is 14.5. The van der Waals surface area contributed by atoms with Gasteiger partial charge in [-0.2, -0.15) is 4.98 Å². The Kier molecular flexibility index (Phi) is 4.95. The summed E-state index contributed by atoms with van der Waals surface area (Å²) >= 11 is 0. The molecule has 3 heterocycles. The lowest BCUT2D eigenvalue weighted by Crippen LogP contribution is -2.25. The number of carbonyl (C=O) groups is 1. The number of anilines is 2. The van der Waals surface area contributed by atoms with Crippen LogP contribution in [0.3, 0.4) is 0 Å². The van der Waals surface area contributed by atoms with E-state index in [-0.39, 0.29) is 5.91 Å². The Balaban J connectivity index is 1.74. The summed E-state index contributed by atoms with van der Waals surface area (Å²) in [5, 5.41) is 4.01. The van der Waals surface area contributed by atoms with Crippen LogP contribution < -0.4 is 11.1 Å². The third-order valence-electron chi connectivity index (χ3n) is 5.19. The summed E-state index contributed by atoms with van der Waals surface area (Å²) in [5.41, 5.74) is 8.04. The van der Waals surface area contributed by atoms with Crippen molar-refractivity contribution in [3.8, 4) is 0 Å². The summed E-state index contributed by atoms with van der Waals surface area (Å²) in [6.45, 7) is 0.452. The third-order valence-corrected chi connectivity index (χ3v) is 5.19. The summed E-state index contributed by atoms with van der Waals surface area (Å²) in [6, 6.07) is 5.96. The zero-order chi connectivity index (χ0) is 19.7. The van der Waals surface area contributed by atoms with Crippen LogP contribution in [0.4, 0.5) is 11.8 Å². The molecule has 1 saturated carbocycles. The van der Waals surface area contributed by atoms with E-state index in [1.54, 1.807) is 31.4 Å². The van der Waals surface area contributed by atoms with Crippen molar-refractivity contribution < 1.29 is 4.79 Å².